The van der Waals surface area contributed by atoms with E-state index in [1.165, 1.54) is 11.3 Å². The molecule has 2 aromatic heterocycles. The molecule has 120 valence electrons. The molecular weight excluding hydrogens is 310 g/mol. The maximum atomic E-state index is 11.6. The number of imidazole rings is 1. The summed E-state index contributed by atoms with van der Waals surface area (Å²) in [6.07, 6.45) is 1.70. The second-order valence-electron chi connectivity index (χ2n) is 5.68. The monoisotopic (exact) mass is 329 g/mol. The van der Waals surface area contributed by atoms with Crippen LogP contribution in [0, 0.1) is 5.92 Å². The molecule has 0 aliphatic carbocycles. The van der Waals surface area contributed by atoms with E-state index in [4.69, 9.17) is 4.74 Å². The first-order valence-electron chi connectivity index (χ1n) is 7.69. The van der Waals surface area contributed by atoms with Gasteiger partial charge in [0.25, 0.3) is 0 Å². The zero-order chi connectivity index (χ0) is 16.4. The van der Waals surface area contributed by atoms with Crippen LogP contribution in [0.2, 0.25) is 0 Å². The molecule has 0 aliphatic rings. The Morgan fingerprint density at radius 1 is 1.35 bits per heavy atom. The molecule has 1 aromatic carbocycles. The number of carbonyl (C=O) groups excluding carboxylic acids is 1. The minimum Gasteiger partial charge on any atom is -0.493 e. The summed E-state index contributed by atoms with van der Waals surface area (Å²) in [5.41, 5.74) is 1.91. The first kappa shape index (κ1) is 15.7. The van der Waals surface area contributed by atoms with Crippen LogP contribution in [-0.2, 0) is 6.42 Å². The maximum Gasteiger partial charge on any atom is 0.213 e. The van der Waals surface area contributed by atoms with Gasteiger partial charge in [0, 0.05) is 12.0 Å². The van der Waals surface area contributed by atoms with Crippen LogP contribution in [0.15, 0.2) is 24.3 Å². The molecule has 6 heteroatoms. The molecule has 0 spiro atoms. The Hall–Kier alpha value is -2.21. The lowest BCUT2D eigenvalue weighted by Crippen LogP contribution is -1.99. The molecule has 0 aliphatic heterocycles. The average molecular weight is 329 g/mol. The fourth-order valence-electron chi connectivity index (χ4n) is 2.48. The highest BCUT2D eigenvalue weighted by Gasteiger charge is 2.20. The third-order valence-electron chi connectivity index (χ3n) is 3.42. The van der Waals surface area contributed by atoms with Crippen LogP contribution < -0.4 is 4.74 Å². The van der Waals surface area contributed by atoms with Crippen LogP contribution in [0.1, 0.15) is 36.3 Å². The Morgan fingerprint density at radius 2 is 2.13 bits per heavy atom. The molecule has 0 fully saturated rings. The minimum absolute atomic E-state index is 0.471. The van der Waals surface area contributed by atoms with E-state index in [0.29, 0.717) is 23.9 Å². The normalized spacial score (nSPS) is 11.3. The first-order valence-corrected chi connectivity index (χ1v) is 8.51. The van der Waals surface area contributed by atoms with Crippen molar-refractivity contribution < 1.29 is 9.53 Å². The maximum absolute atomic E-state index is 11.6. The molecule has 3 aromatic rings. The summed E-state index contributed by atoms with van der Waals surface area (Å²) in [5, 5.41) is 5.54. The summed E-state index contributed by atoms with van der Waals surface area (Å²) >= 11 is 1.53. The van der Waals surface area contributed by atoms with Gasteiger partial charge in [0.1, 0.15) is 22.1 Å². The van der Waals surface area contributed by atoms with E-state index in [1.807, 2.05) is 31.2 Å². The van der Waals surface area contributed by atoms with Crippen LogP contribution in [-0.4, -0.2) is 27.5 Å². The van der Waals surface area contributed by atoms with Gasteiger partial charge in [-0.05, 0) is 25.0 Å². The van der Waals surface area contributed by atoms with Gasteiger partial charge < -0.3 is 4.74 Å². The highest BCUT2D eigenvalue weighted by Crippen LogP contribution is 2.33. The Bertz CT molecular complexity index is 836. The molecule has 0 atom stereocenters. The van der Waals surface area contributed by atoms with Crippen LogP contribution in [0.5, 0.6) is 5.75 Å². The number of ether oxygens (including phenoxy) is 1. The van der Waals surface area contributed by atoms with Crippen LogP contribution >= 0.6 is 11.3 Å². The van der Waals surface area contributed by atoms with E-state index >= 15 is 0 Å². The molecule has 3 rings (SSSR count). The number of rotatable bonds is 6. The Labute approximate surface area is 138 Å². The van der Waals surface area contributed by atoms with Crippen molar-refractivity contribution in [1.82, 2.24) is 14.6 Å². The number of hydrogen-bond donors (Lipinski definition) is 0. The van der Waals surface area contributed by atoms with Gasteiger partial charge in [0.2, 0.25) is 4.96 Å². The van der Waals surface area contributed by atoms with Crippen LogP contribution in [0.4, 0.5) is 0 Å². The van der Waals surface area contributed by atoms with Crippen molar-refractivity contribution >= 4 is 22.6 Å². The Balaban J connectivity index is 2.12. The van der Waals surface area contributed by atoms with E-state index in [2.05, 4.69) is 23.9 Å². The molecule has 0 bridgehead atoms. The van der Waals surface area contributed by atoms with Gasteiger partial charge in [0.05, 0.1) is 6.61 Å². The molecule has 0 N–H and O–H groups in total. The first-order chi connectivity index (χ1) is 11.1. The van der Waals surface area contributed by atoms with E-state index in [0.717, 1.165) is 34.0 Å². The van der Waals surface area contributed by atoms with Crippen molar-refractivity contribution in [2.45, 2.75) is 27.2 Å². The predicted octanol–water partition coefficient (Wildman–Crippen LogP) is 3.87. The van der Waals surface area contributed by atoms with E-state index in [1.54, 1.807) is 4.52 Å². The largest absolute Gasteiger partial charge is 0.493 e. The molecule has 2 heterocycles. The quantitative estimate of drug-likeness (QED) is 0.644. The van der Waals surface area contributed by atoms with Gasteiger partial charge >= 0.3 is 0 Å². The summed E-state index contributed by atoms with van der Waals surface area (Å²) < 4.78 is 7.30. The van der Waals surface area contributed by atoms with Gasteiger partial charge in [-0.25, -0.2) is 4.98 Å². The van der Waals surface area contributed by atoms with Gasteiger partial charge in [-0.2, -0.15) is 9.61 Å². The van der Waals surface area contributed by atoms with Crippen molar-refractivity contribution in [3.63, 3.8) is 0 Å². The van der Waals surface area contributed by atoms with Crippen molar-refractivity contribution in [2.75, 3.05) is 6.61 Å². The summed E-state index contributed by atoms with van der Waals surface area (Å²) in [5.74, 6) is 1.25. The second-order valence-corrected chi connectivity index (χ2v) is 6.72. The van der Waals surface area contributed by atoms with E-state index in [9.17, 15) is 4.79 Å². The molecular formula is C17H19N3O2S. The summed E-state index contributed by atoms with van der Waals surface area (Å²) in [7, 11) is 0. The second kappa shape index (κ2) is 6.50. The number of fused-ring (bicyclic) bond motifs is 1. The van der Waals surface area contributed by atoms with Crippen LogP contribution in [0.3, 0.4) is 0 Å². The number of aromatic nitrogens is 3. The minimum atomic E-state index is 0.471. The summed E-state index contributed by atoms with van der Waals surface area (Å²) in [6, 6.07) is 7.63. The van der Waals surface area contributed by atoms with Crippen molar-refractivity contribution in [3.8, 4) is 17.0 Å². The van der Waals surface area contributed by atoms with E-state index < -0.39 is 0 Å². The average Bonchev–Trinajstić information content (AvgIpc) is 3.04. The summed E-state index contributed by atoms with van der Waals surface area (Å²) in [6.45, 7) is 6.79. The standard InChI is InChI=1S/C17H19N3O2S/c1-4-22-14-8-6-5-7-12(14)16-13(10-21)20-17(18-16)23-15(19-20)9-11(2)3/h5-8,10-11H,4,9H2,1-3H3. The third kappa shape index (κ3) is 2.99. The highest BCUT2D eigenvalue weighted by molar-refractivity contribution is 7.16. The smallest absolute Gasteiger partial charge is 0.213 e. The van der Waals surface area contributed by atoms with Gasteiger partial charge in [-0.15, -0.1) is 0 Å². The highest BCUT2D eigenvalue weighted by atomic mass is 32.1. The molecule has 5 nitrogen and oxygen atoms in total. The number of nitrogens with zero attached hydrogens (tertiary/aromatic N) is 3. The molecule has 0 amide bonds. The Morgan fingerprint density at radius 3 is 2.83 bits per heavy atom. The Kier molecular flexibility index (Phi) is 4.43. The molecule has 0 radical (unpaired) electrons. The van der Waals surface area contributed by atoms with Gasteiger partial charge in [-0.3, -0.25) is 4.79 Å². The number of carbonyl (C=O) groups is 1. The fraction of sp³-hybridized carbons (Fsp3) is 0.353. The van der Waals surface area contributed by atoms with Crippen molar-refractivity contribution in [1.29, 1.82) is 0 Å². The fourth-order valence-corrected chi connectivity index (χ4v) is 3.60. The predicted molar refractivity (Wildman–Crippen MR) is 91.4 cm³/mol. The molecule has 0 saturated heterocycles. The van der Waals surface area contributed by atoms with Crippen molar-refractivity contribution in [3.05, 3.63) is 35.0 Å². The number of benzene rings is 1. The SMILES string of the molecule is CCOc1ccccc1-c1nc2sc(CC(C)C)nn2c1C=O. The summed E-state index contributed by atoms with van der Waals surface area (Å²) in [4.78, 5) is 17.0. The number of hydrogen-bond acceptors (Lipinski definition) is 5. The zero-order valence-electron chi connectivity index (χ0n) is 13.4. The van der Waals surface area contributed by atoms with Crippen molar-refractivity contribution in [2.24, 2.45) is 5.92 Å². The molecule has 0 unspecified atom stereocenters. The van der Waals surface area contributed by atoms with Crippen LogP contribution in [0.25, 0.3) is 16.2 Å². The number of aldehydes is 1. The lowest BCUT2D eigenvalue weighted by Gasteiger charge is -2.08. The third-order valence-corrected chi connectivity index (χ3v) is 4.35. The van der Waals surface area contributed by atoms with Gasteiger partial charge in [-0.1, -0.05) is 37.3 Å². The topological polar surface area (TPSA) is 56.5 Å². The number of para-hydroxylation sites is 1. The van der Waals surface area contributed by atoms with Gasteiger partial charge in [0.15, 0.2) is 6.29 Å². The molecule has 0 saturated carbocycles. The lowest BCUT2D eigenvalue weighted by molar-refractivity contribution is 0.111. The zero-order valence-corrected chi connectivity index (χ0v) is 14.3. The van der Waals surface area contributed by atoms with E-state index in [-0.39, 0.29) is 0 Å². The molecule has 23 heavy (non-hydrogen) atoms. The lowest BCUT2D eigenvalue weighted by atomic mass is 10.1.